The number of hydrogen-bond acceptors (Lipinski definition) is 2. The van der Waals surface area contributed by atoms with Gasteiger partial charge in [0, 0.05) is 50.5 Å². The zero-order valence-corrected chi connectivity index (χ0v) is 31.9. The van der Waals surface area contributed by atoms with Gasteiger partial charge in [-0.25, -0.2) is 0 Å². The van der Waals surface area contributed by atoms with E-state index in [9.17, 15) is 0 Å². The van der Waals surface area contributed by atoms with Gasteiger partial charge in [-0.1, -0.05) is 158 Å². The van der Waals surface area contributed by atoms with Gasteiger partial charge in [0.25, 0.3) is 0 Å². The lowest BCUT2D eigenvalue weighted by Gasteiger charge is -2.50. The molecule has 0 saturated carbocycles. The van der Waals surface area contributed by atoms with Crippen molar-refractivity contribution in [2.45, 2.75) is 11.9 Å². The second-order valence-corrected chi connectivity index (χ2v) is 15.6. The van der Waals surface area contributed by atoms with Gasteiger partial charge in [-0.2, -0.15) is 0 Å². The van der Waals surface area contributed by atoms with Crippen molar-refractivity contribution >= 4 is 73.5 Å². The van der Waals surface area contributed by atoms with E-state index in [1.54, 1.807) is 0 Å². The van der Waals surface area contributed by atoms with Crippen molar-refractivity contribution in [2.24, 2.45) is 0 Å². The van der Waals surface area contributed by atoms with E-state index in [-0.39, 0.29) is 18.6 Å². The van der Waals surface area contributed by atoms with Crippen LogP contribution in [0.2, 0.25) is 5.82 Å². The lowest BCUT2D eigenvalue weighted by molar-refractivity contribution is 0.767. The summed E-state index contributed by atoms with van der Waals surface area (Å²) in [7, 11) is 0. The average molecular weight is 740 g/mol. The standard InChI is InChI=1S/C54H38BN3/c1-4-16-40(17-5-1)56-49-27-13-11-25-46(49)55-47-36-39(34-35-50(47)57(41-18-6-2-7-19-41)52-29-15-28-51(56)53(52)55)37-30-32-38(33-31-37)43-23-14-24-45-44-22-10-12-26-48(44)58(54(43)45)42-20-8-3-9-21-42/h1-36,47,50H. The van der Waals surface area contributed by atoms with Gasteiger partial charge in [0.1, 0.15) is 0 Å². The van der Waals surface area contributed by atoms with Crippen molar-refractivity contribution in [1.29, 1.82) is 0 Å². The maximum atomic E-state index is 2.58. The summed E-state index contributed by atoms with van der Waals surface area (Å²) < 4.78 is 2.43. The van der Waals surface area contributed by atoms with Gasteiger partial charge in [0.2, 0.25) is 6.71 Å². The predicted molar refractivity (Wildman–Crippen MR) is 246 cm³/mol. The van der Waals surface area contributed by atoms with Crippen LogP contribution in [0.15, 0.2) is 218 Å². The van der Waals surface area contributed by atoms with E-state index >= 15 is 0 Å². The molecule has 3 heterocycles. The van der Waals surface area contributed by atoms with Crippen LogP contribution in [0.4, 0.5) is 28.4 Å². The highest BCUT2D eigenvalue weighted by molar-refractivity contribution is 6.91. The SMILES string of the molecule is C1=CC2C(C=C1c1ccc(-c3cccc4c5ccccc5n(-c5ccccc5)c34)cc1)B1c3ccccc3N(c3ccccc3)c3cccc(c31)N2c1ccccc1. The molecule has 3 aliphatic rings. The van der Waals surface area contributed by atoms with Crippen LogP contribution in [-0.4, -0.2) is 17.3 Å². The van der Waals surface area contributed by atoms with Crippen LogP contribution in [0.3, 0.4) is 0 Å². The molecular weight excluding hydrogens is 701 g/mol. The summed E-state index contributed by atoms with van der Waals surface area (Å²) in [6, 6.07) is 73.4. The highest BCUT2D eigenvalue weighted by atomic mass is 15.2. The van der Waals surface area contributed by atoms with Crippen molar-refractivity contribution in [1.82, 2.24) is 4.57 Å². The molecule has 272 valence electrons. The average Bonchev–Trinajstić information content (AvgIpc) is 3.64. The topological polar surface area (TPSA) is 11.4 Å². The number of hydrogen-bond donors (Lipinski definition) is 0. The van der Waals surface area contributed by atoms with E-state index in [4.69, 9.17) is 0 Å². The fourth-order valence-electron chi connectivity index (χ4n) is 10.2. The Morgan fingerprint density at radius 3 is 1.84 bits per heavy atom. The van der Waals surface area contributed by atoms with Gasteiger partial charge in [-0.3, -0.25) is 0 Å². The number of anilines is 5. The number of benzene rings is 8. The Morgan fingerprint density at radius 1 is 0.448 bits per heavy atom. The van der Waals surface area contributed by atoms with E-state index in [1.807, 2.05) is 0 Å². The molecule has 1 aromatic heterocycles. The van der Waals surface area contributed by atoms with E-state index in [2.05, 4.69) is 233 Å². The van der Waals surface area contributed by atoms with E-state index < -0.39 is 0 Å². The minimum atomic E-state index is 0.145. The first-order valence-corrected chi connectivity index (χ1v) is 20.3. The molecule has 4 heteroatoms. The normalized spacial score (nSPS) is 16.6. The van der Waals surface area contributed by atoms with Gasteiger partial charge in [-0.05, 0) is 94.1 Å². The second kappa shape index (κ2) is 13.1. The van der Waals surface area contributed by atoms with Gasteiger partial charge in [-0.15, -0.1) is 0 Å². The zero-order valence-electron chi connectivity index (χ0n) is 31.9. The monoisotopic (exact) mass is 739 g/mol. The van der Waals surface area contributed by atoms with Crippen molar-refractivity contribution in [3.8, 4) is 16.8 Å². The van der Waals surface area contributed by atoms with E-state index in [0.29, 0.717) is 0 Å². The molecule has 0 fully saturated rings. The lowest BCUT2D eigenvalue weighted by atomic mass is 9.29. The van der Waals surface area contributed by atoms with Crippen molar-refractivity contribution < 1.29 is 0 Å². The Kier molecular flexibility index (Phi) is 7.46. The Labute approximate surface area is 339 Å². The molecule has 2 unspecified atom stereocenters. The summed E-state index contributed by atoms with van der Waals surface area (Å²) in [4.78, 5) is 5.05. The van der Waals surface area contributed by atoms with E-state index in [0.717, 1.165) is 0 Å². The zero-order chi connectivity index (χ0) is 38.2. The van der Waals surface area contributed by atoms with Gasteiger partial charge in [0.05, 0.1) is 17.1 Å². The first-order valence-electron chi connectivity index (χ1n) is 20.3. The van der Waals surface area contributed by atoms with Crippen LogP contribution < -0.4 is 20.7 Å². The summed E-state index contributed by atoms with van der Waals surface area (Å²) in [5.74, 6) is 0.197. The first-order chi connectivity index (χ1) is 28.8. The summed E-state index contributed by atoms with van der Waals surface area (Å²) in [6.07, 6.45) is 7.39. The van der Waals surface area contributed by atoms with E-state index in [1.165, 1.54) is 89.1 Å². The Hall–Kier alpha value is -7.30. The molecule has 0 radical (unpaired) electrons. The van der Waals surface area contributed by atoms with Gasteiger partial charge < -0.3 is 14.4 Å². The second-order valence-electron chi connectivity index (χ2n) is 15.6. The summed E-state index contributed by atoms with van der Waals surface area (Å²) in [5, 5.41) is 2.54. The molecule has 3 nitrogen and oxygen atoms in total. The third-order valence-electron chi connectivity index (χ3n) is 12.6. The number of rotatable bonds is 5. The molecule has 9 aromatic rings. The highest BCUT2D eigenvalue weighted by Crippen LogP contribution is 2.48. The molecule has 8 aromatic carbocycles. The minimum absolute atomic E-state index is 0.145. The number of allylic oxidation sites excluding steroid dienone is 2. The smallest absolute Gasteiger partial charge is 0.226 e. The molecule has 58 heavy (non-hydrogen) atoms. The number of nitrogens with zero attached hydrogens (tertiary/aromatic N) is 3. The van der Waals surface area contributed by atoms with Crippen molar-refractivity contribution in [3.05, 3.63) is 224 Å². The van der Waals surface area contributed by atoms with Gasteiger partial charge in [0.15, 0.2) is 0 Å². The Bertz CT molecular complexity index is 3080. The third-order valence-corrected chi connectivity index (χ3v) is 12.6. The quantitative estimate of drug-likeness (QED) is 0.163. The summed E-state index contributed by atoms with van der Waals surface area (Å²) in [5.41, 5.74) is 17.5. The van der Waals surface area contributed by atoms with Crippen LogP contribution in [0, 0.1) is 0 Å². The maximum absolute atomic E-state index is 2.58. The molecular formula is C54H38BN3. The van der Waals surface area contributed by atoms with Gasteiger partial charge >= 0.3 is 0 Å². The molecule has 0 spiro atoms. The maximum Gasteiger partial charge on any atom is 0.226 e. The molecule has 1 aliphatic carbocycles. The molecule has 0 bridgehead atoms. The van der Waals surface area contributed by atoms with Crippen LogP contribution in [0.5, 0.6) is 0 Å². The van der Waals surface area contributed by atoms with Crippen molar-refractivity contribution in [2.75, 3.05) is 9.80 Å². The molecule has 0 saturated heterocycles. The fraction of sp³-hybridized carbons (Fsp3) is 0.0370. The molecule has 0 amide bonds. The van der Waals surface area contributed by atoms with Crippen LogP contribution >= 0.6 is 0 Å². The first kappa shape index (κ1) is 32.9. The largest absolute Gasteiger partial charge is 0.335 e. The third kappa shape index (κ3) is 4.95. The predicted octanol–water partition coefficient (Wildman–Crippen LogP) is 12.4. The minimum Gasteiger partial charge on any atom is -0.335 e. The summed E-state index contributed by atoms with van der Waals surface area (Å²) >= 11 is 0. The van der Waals surface area contributed by atoms with Crippen LogP contribution in [0.25, 0.3) is 44.2 Å². The summed E-state index contributed by atoms with van der Waals surface area (Å²) in [6.45, 7) is 0.184. The van der Waals surface area contributed by atoms with Crippen LogP contribution in [0.1, 0.15) is 5.56 Å². The fourth-order valence-corrected chi connectivity index (χ4v) is 10.2. The van der Waals surface area contributed by atoms with Crippen molar-refractivity contribution in [3.63, 3.8) is 0 Å². The molecule has 2 aliphatic heterocycles. The molecule has 12 rings (SSSR count). The Balaban J connectivity index is 0.999. The Morgan fingerprint density at radius 2 is 1.05 bits per heavy atom. The highest BCUT2D eigenvalue weighted by Gasteiger charge is 2.49. The lowest BCUT2D eigenvalue weighted by Crippen LogP contribution is -2.61. The number of aromatic nitrogens is 1. The molecule has 2 atom stereocenters. The molecule has 0 N–H and O–H groups in total. The van der Waals surface area contributed by atoms with Crippen LogP contribution in [-0.2, 0) is 0 Å². The number of fused-ring (bicyclic) bond motifs is 7. The number of para-hydroxylation sites is 6.